The Labute approximate surface area is 182 Å². The van der Waals surface area contributed by atoms with Crippen LogP contribution in [0.25, 0.3) is 0 Å². The SMILES string of the molecule is CCOc1cc2c(cc1CNC(=O)CN1C(=O)N[C@]3(CCCC[C@H]3C)C1=O)O[C@H](C)C2. The number of imide groups is 1. The molecule has 1 aromatic rings. The molecular formula is C23H31N3O5. The summed E-state index contributed by atoms with van der Waals surface area (Å²) in [6.07, 6.45) is 4.42. The monoisotopic (exact) mass is 429 g/mol. The second-order valence-electron chi connectivity index (χ2n) is 8.85. The highest BCUT2D eigenvalue weighted by molar-refractivity contribution is 6.09. The van der Waals surface area contributed by atoms with Gasteiger partial charge in [-0.15, -0.1) is 0 Å². The van der Waals surface area contributed by atoms with Crippen LogP contribution in [0.15, 0.2) is 12.1 Å². The van der Waals surface area contributed by atoms with Crippen molar-refractivity contribution in [2.24, 2.45) is 5.92 Å². The summed E-state index contributed by atoms with van der Waals surface area (Å²) in [5, 5.41) is 5.70. The molecule has 0 unspecified atom stereocenters. The van der Waals surface area contributed by atoms with Crippen molar-refractivity contribution >= 4 is 17.8 Å². The van der Waals surface area contributed by atoms with Gasteiger partial charge in [0.2, 0.25) is 5.91 Å². The number of ether oxygens (including phenoxy) is 2. The lowest BCUT2D eigenvalue weighted by Gasteiger charge is -2.36. The number of fused-ring (bicyclic) bond motifs is 1. The maximum atomic E-state index is 13.0. The Morgan fingerprint density at radius 3 is 2.87 bits per heavy atom. The molecule has 2 aliphatic heterocycles. The predicted octanol–water partition coefficient (Wildman–Crippen LogP) is 2.53. The highest BCUT2D eigenvalue weighted by Crippen LogP contribution is 2.38. The third kappa shape index (κ3) is 3.95. The number of nitrogens with zero attached hydrogens (tertiary/aromatic N) is 1. The number of hydrogen-bond donors (Lipinski definition) is 2. The predicted molar refractivity (Wildman–Crippen MR) is 114 cm³/mol. The van der Waals surface area contributed by atoms with E-state index in [1.54, 1.807) is 0 Å². The van der Waals surface area contributed by atoms with Crippen LogP contribution < -0.4 is 20.1 Å². The van der Waals surface area contributed by atoms with E-state index >= 15 is 0 Å². The topological polar surface area (TPSA) is 97.0 Å². The fraction of sp³-hybridized carbons (Fsp3) is 0.609. The summed E-state index contributed by atoms with van der Waals surface area (Å²) in [6.45, 7) is 6.37. The van der Waals surface area contributed by atoms with Crippen LogP contribution in [0.5, 0.6) is 11.5 Å². The Morgan fingerprint density at radius 2 is 2.13 bits per heavy atom. The van der Waals surface area contributed by atoms with Crippen molar-refractivity contribution in [1.82, 2.24) is 15.5 Å². The smallest absolute Gasteiger partial charge is 0.325 e. The van der Waals surface area contributed by atoms with Gasteiger partial charge in [0.05, 0.1) is 6.61 Å². The third-order valence-electron chi connectivity index (χ3n) is 6.66. The summed E-state index contributed by atoms with van der Waals surface area (Å²) in [5.41, 5.74) is 1.04. The second kappa shape index (κ2) is 8.40. The number of amides is 4. The van der Waals surface area contributed by atoms with Crippen molar-refractivity contribution in [3.8, 4) is 11.5 Å². The van der Waals surface area contributed by atoms with Gasteiger partial charge in [-0.1, -0.05) is 19.8 Å². The van der Waals surface area contributed by atoms with Crippen LogP contribution in [0, 0.1) is 5.92 Å². The molecule has 1 saturated heterocycles. The van der Waals surface area contributed by atoms with Gasteiger partial charge in [-0.05, 0) is 44.7 Å². The van der Waals surface area contributed by atoms with E-state index in [4.69, 9.17) is 9.47 Å². The lowest BCUT2D eigenvalue weighted by atomic mass is 9.73. The van der Waals surface area contributed by atoms with Crippen molar-refractivity contribution in [1.29, 1.82) is 0 Å². The highest BCUT2D eigenvalue weighted by atomic mass is 16.5. The number of carbonyl (C=O) groups is 3. The minimum Gasteiger partial charge on any atom is -0.494 e. The average Bonchev–Trinajstić information content (AvgIpc) is 3.20. The highest BCUT2D eigenvalue weighted by Gasteiger charge is 2.55. The molecule has 1 spiro atoms. The summed E-state index contributed by atoms with van der Waals surface area (Å²) in [7, 11) is 0. The first-order valence-corrected chi connectivity index (χ1v) is 11.2. The van der Waals surface area contributed by atoms with Gasteiger partial charge in [0.1, 0.15) is 29.7 Å². The van der Waals surface area contributed by atoms with Crippen LogP contribution in [0.1, 0.15) is 57.6 Å². The molecule has 3 aliphatic rings. The second-order valence-corrected chi connectivity index (χ2v) is 8.85. The van der Waals surface area contributed by atoms with Crippen LogP contribution in [0.3, 0.4) is 0 Å². The Hall–Kier alpha value is -2.77. The summed E-state index contributed by atoms with van der Waals surface area (Å²) in [5.74, 6) is 0.913. The minimum atomic E-state index is -0.855. The first-order valence-electron chi connectivity index (χ1n) is 11.2. The Kier molecular flexibility index (Phi) is 5.81. The van der Waals surface area contributed by atoms with Gasteiger partial charge < -0.3 is 20.1 Å². The fourth-order valence-electron chi connectivity index (χ4n) is 4.94. The van der Waals surface area contributed by atoms with E-state index < -0.39 is 11.6 Å². The standard InChI is InChI=1S/C23H31N3O5/c1-4-30-18-10-16-9-15(3)31-19(16)11-17(18)12-24-20(27)13-26-21(28)23(25-22(26)29)8-6-5-7-14(23)2/h10-11,14-15H,4-9,12-13H2,1-3H3,(H,24,27)(H,25,29)/t14-,15-,23+/m1/s1. The number of rotatable bonds is 6. The molecule has 2 N–H and O–H groups in total. The van der Waals surface area contributed by atoms with Gasteiger partial charge in [-0.3, -0.25) is 14.5 Å². The normalized spacial score (nSPS) is 27.1. The molecule has 4 amide bonds. The van der Waals surface area contributed by atoms with E-state index in [1.807, 2.05) is 32.9 Å². The van der Waals surface area contributed by atoms with Gasteiger partial charge in [0, 0.05) is 24.1 Å². The molecule has 4 rings (SSSR count). The molecule has 8 nitrogen and oxygen atoms in total. The zero-order valence-electron chi connectivity index (χ0n) is 18.5. The molecule has 0 radical (unpaired) electrons. The summed E-state index contributed by atoms with van der Waals surface area (Å²) in [6, 6.07) is 3.38. The largest absolute Gasteiger partial charge is 0.494 e. The molecule has 168 valence electrons. The van der Waals surface area contributed by atoms with Crippen LogP contribution in [-0.4, -0.2) is 47.5 Å². The van der Waals surface area contributed by atoms with Gasteiger partial charge in [-0.25, -0.2) is 4.79 Å². The van der Waals surface area contributed by atoms with Crippen molar-refractivity contribution in [3.05, 3.63) is 23.3 Å². The first-order chi connectivity index (χ1) is 14.8. The molecule has 8 heteroatoms. The van der Waals surface area contributed by atoms with E-state index in [-0.39, 0.29) is 36.9 Å². The fourth-order valence-corrected chi connectivity index (χ4v) is 4.94. The van der Waals surface area contributed by atoms with Crippen LogP contribution in [-0.2, 0) is 22.6 Å². The molecule has 2 fully saturated rings. The molecule has 31 heavy (non-hydrogen) atoms. The Balaban J connectivity index is 1.41. The lowest BCUT2D eigenvalue weighted by molar-refractivity contribution is -0.137. The van der Waals surface area contributed by atoms with E-state index in [9.17, 15) is 14.4 Å². The lowest BCUT2D eigenvalue weighted by Crippen LogP contribution is -2.54. The number of carbonyl (C=O) groups excluding carboxylic acids is 3. The number of benzene rings is 1. The Bertz CT molecular complexity index is 901. The molecule has 0 aromatic heterocycles. The molecular weight excluding hydrogens is 398 g/mol. The number of hydrogen-bond acceptors (Lipinski definition) is 5. The number of urea groups is 1. The van der Waals surface area contributed by atoms with Gasteiger partial charge >= 0.3 is 6.03 Å². The molecule has 1 saturated carbocycles. The zero-order chi connectivity index (χ0) is 22.2. The van der Waals surface area contributed by atoms with Crippen molar-refractivity contribution in [3.63, 3.8) is 0 Å². The zero-order valence-corrected chi connectivity index (χ0v) is 18.5. The van der Waals surface area contributed by atoms with Crippen LogP contribution >= 0.6 is 0 Å². The average molecular weight is 430 g/mol. The molecule has 0 bridgehead atoms. The molecule has 2 heterocycles. The summed E-state index contributed by atoms with van der Waals surface area (Å²) in [4.78, 5) is 39.2. The first kappa shape index (κ1) is 21.5. The van der Waals surface area contributed by atoms with Gasteiger partial charge in [-0.2, -0.15) is 0 Å². The van der Waals surface area contributed by atoms with Crippen molar-refractivity contribution in [2.45, 2.75) is 71.1 Å². The van der Waals surface area contributed by atoms with E-state index in [0.29, 0.717) is 18.8 Å². The third-order valence-corrected chi connectivity index (χ3v) is 6.66. The quantitative estimate of drug-likeness (QED) is 0.678. The molecule has 3 atom stereocenters. The van der Waals surface area contributed by atoms with Crippen molar-refractivity contribution < 1.29 is 23.9 Å². The van der Waals surface area contributed by atoms with Crippen molar-refractivity contribution in [2.75, 3.05) is 13.2 Å². The summed E-state index contributed by atoms with van der Waals surface area (Å²) < 4.78 is 11.6. The van der Waals surface area contributed by atoms with Gasteiger partial charge in [0.15, 0.2) is 0 Å². The molecule has 1 aromatic carbocycles. The van der Waals surface area contributed by atoms with E-state index in [2.05, 4.69) is 10.6 Å². The summed E-state index contributed by atoms with van der Waals surface area (Å²) >= 11 is 0. The van der Waals surface area contributed by atoms with E-state index in [0.717, 1.165) is 47.5 Å². The van der Waals surface area contributed by atoms with Crippen LogP contribution in [0.2, 0.25) is 0 Å². The maximum absolute atomic E-state index is 13.0. The maximum Gasteiger partial charge on any atom is 0.325 e. The Morgan fingerprint density at radius 1 is 1.32 bits per heavy atom. The minimum absolute atomic E-state index is 0.0633. The van der Waals surface area contributed by atoms with E-state index in [1.165, 1.54) is 0 Å². The molecule has 1 aliphatic carbocycles. The van der Waals surface area contributed by atoms with Crippen LogP contribution in [0.4, 0.5) is 4.79 Å². The number of nitrogens with one attached hydrogen (secondary N) is 2. The van der Waals surface area contributed by atoms with Gasteiger partial charge in [0.25, 0.3) is 5.91 Å².